The lowest BCUT2D eigenvalue weighted by atomic mass is 10.0. The Kier molecular flexibility index (Phi) is 4.82. The molecule has 1 aliphatic carbocycles. The number of aliphatic carboxylic acids is 1. The van der Waals surface area contributed by atoms with Gasteiger partial charge in [-0.15, -0.1) is 0 Å². The van der Waals surface area contributed by atoms with Crippen molar-refractivity contribution in [3.8, 4) is 11.5 Å². The molecule has 1 unspecified atom stereocenters. The van der Waals surface area contributed by atoms with Crippen molar-refractivity contribution in [3.05, 3.63) is 23.8 Å². The van der Waals surface area contributed by atoms with Crippen molar-refractivity contribution in [1.29, 1.82) is 0 Å². The Hall–Kier alpha value is -2.24. The summed E-state index contributed by atoms with van der Waals surface area (Å²) < 4.78 is 10.4. The zero-order valence-corrected chi connectivity index (χ0v) is 13.9. The number of carbonyl (C=O) groups is 2. The molecule has 1 saturated carbocycles. The maximum atomic E-state index is 12.3. The van der Waals surface area contributed by atoms with Crippen LogP contribution in [0, 0.1) is 11.3 Å². The van der Waals surface area contributed by atoms with Gasteiger partial charge >= 0.3 is 5.97 Å². The number of nitrogens with one attached hydrogen (secondary N) is 1. The maximum Gasteiger partial charge on any atom is 0.305 e. The molecule has 0 saturated heterocycles. The van der Waals surface area contributed by atoms with Gasteiger partial charge < -0.3 is 19.9 Å². The molecule has 0 aromatic heterocycles. The van der Waals surface area contributed by atoms with Gasteiger partial charge in [0.05, 0.1) is 26.7 Å². The highest BCUT2D eigenvalue weighted by atomic mass is 16.5. The van der Waals surface area contributed by atoms with Crippen LogP contribution in [0.5, 0.6) is 11.5 Å². The standard InChI is InChI=1S/C17H23NO5/c1-17(2)9-11(17)16(21)18-12(8-15(19)20)10-5-6-13(22-3)14(7-10)23-4/h5-7,11-12H,8-9H2,1-4H3,(H,18,21)(H,19,20)/t11-,12?/m1/s1. The molecule has 0 radical (unpaired) electrons. The van der Waals surface area contributed by atoms with E-state index in [0.717, 1.165) is 6.42 Å². The number of benzene rings is 1. The van der Waals surface area contributed by atoms with Gasteiger partial charge in [-0.1, -0.05) is 19.9 Å². The van der Waals surface area contributed by atoms with Crippen LogP contribution in [0.15, 0.2) is 18.2 Å². The van der Waals surface area contributed by atoms with Crippen LogP contribution in [0.4, 0.5) is 0 Å². The molecular weight excluding hydrogens is 298 g/mol. The van der Waals surface area contributed by atoms with Gasteiger partial charge in [-0.2, -0.15) is 0 Å². The zero-order chi connectivity index (χ0) is 17.2. The molecule has 0 spiro atoms. The molecule has 2 atom stereocenters. The highest BCUT2D eigenvalue weighted by molar-refractivity contribution is 5.83. The summed E-state index contributed by atoms with van der Waals surface area (Å²) in [5, 5.41) is 12.0. The summed E-state index contributed by atoms with van der Waals surface area (Å²) in [7, 11) is 3.04. The average Bonchev–Trinajstić information content (AvgIpc) is 3.14. The molecule has 2 rings (SSSR count). The van der Waals surface area contributed by atoms with Gasteiger partial charge in [0.25, 0.3) is 0 Å². The van der Waals surface area contributed by atoms with E-state index in [1.165, 1.54) is 14.2 Å². The Bertz CT molecular complexity index is 611. The topological polar surface area (TPSA) is 84.9 Å². The molecule has 126 valence electrons. The Morgan fingerprint density at radius 2 is 1.91 bits per heavy atom. The van der Waals surface area contributed by atoms with E-state index >= 15 is 0 Å². The fourth-order valence-corrected chi connectivity index (χ4v) is 2.68. The molecular formula is C17H23NO5. The molecule has 23 heavy (non-hydrogen) atoms. The summed E-state index contributed by atoms with van der Waals surface area (Å²) >= 11 is 0. The number of carboxylic acid groups (broad SMARTS) is 1. The number of carbonyl (C=O) groups excluding carboxylic acids is 1. The second-order valence-electron chi connectivity index (χ2n) is 6.52. The summed E-state index contributed by atoms with van der Waals surface area (Å²) in [6.45, 7) is 4.06. The smallest absolute Gasteiger partial charge is 0.305 e. The van der Waals surface area contributed by atoms with Gasteiger partial charge in [0.15, 0.2) is 11.5 Å². The minimum absolute atomic E-state index is 0.00451. The van der Waals surface area contributed by atoms with Crippen LogP contribution in [0.25, 0.3) is 0 Å². The first-order valence-corrected chi connectivity index (χ1v) is 7.52. The van der Waals surface area contributed by atoms with Crippen molar-refractivity contribution in [2.75, 3.05) is 14.2 Å². The SMILES string of the molecule is COc1ccc(C(CC(=O)O)NC(=O)[C@H]2CC2(C)C)cc1OC. The number of rotatable bonds is 7. The lowest BCUT2D eigenvalue weighted by molar-refractivity contribution is -0.137. The highest BCUT2D eigenvalue weighted by Gasteiger charge is 2.50. The van der Waals surface area contributed by atoms with Crippen LogP contribution in [0.1, 0.15) is 38.3 Å². The van der Waals surface area contributed by atoms with Crippen molar-refractivity contribution in [2.24, 2.45) is 11.3 Å². The molecule has 1 aliphatic rings. The first kappa shape index (κ1) is 17.1. The van der Waals surface area contributed by atoms with E-state index in [4.69, 9.17) is 14.6 Å². The van der Waals surface area contributed by atoms with Gasteiger partial charge in [0, 0.05) is 5.92 Å². The highest BCUT2D eigenvalue weighted by Crippen LogP contribution is 2.51. The van der Waals surface area contributed by atoms with Crippen molar-refractivity contribution in [1.82, 2.24) is 5.32 Å². The van der Waals surface area contributed by atoms with Crippen LogP contribution in [0.2, 0.25) is 0 Å². The Balaban J connectivity index is 2.21. The Morgan fingerprint density at radius 1 is 1.30 bits per heavy atom. The summed E-state index contributed by atoms with van der Waals surface area (Å²) in [6.07, 6.45) is 0.638. The number of carboxylic acids is 1. The quantitative estimate of drug-likeness (QED) is 0.805. The predicted octanol–water partition coefficient (Wildman–Crippen LogP) is 2.38. The molecule has 1 aromatic rings. The van der Waals surface area contributed by atoms with Crippen LogP contribution in [-0.2, 0) is 9.59 Å². The minimum atomic E-state index is -0.972. The van der Waals surface area contributed by atoms with E-state index in [1.54, 1.807) is 18.2 Å². The average molecular weight is 321 g/mol. The molecule has 1 amide bonds. The van der Waals surface area contributed by atoms with Crippen LogP contribution in [0.3, 0.4) is 0 Å². The predicted molar refractivity (Wildman–Crippen MR) is 84.6 cm³/mol. The van der Waals surface area contributed by atoms with E-state index in [2.05, 4.69) is 5.32 Å². The largest absolute Gasteiger partial charge is 0.493 e. The van der Waals surface area contributed by atoms with Gasteiger partial charge in [-0.3, -0.25) is 9.59 Å². The zero-order valence-electron chi connectivity index (χ0n) is 13.9. The molecule has 0 bridgehead atoms. The summed E-state index contributed by atoms with van der Waals surface area (Å²) in [5.41, 5.74) is 0.673. The first-order chi connectivity index (χ1) is 10.8. The maximum absolute atomic E-state index is 12.3. The van der Waals surface area contributed by atoms with Gasteiger partial charge in [0.1, 0.15) is 0 Å². The van der Waals surface area contributed by atoms with Crippen molar-refractivity contribution < 1.29 is 24.2 Å². The lowest BCUT2D eigenvalue weighted by Crippen LogP contribution is -2.32. The number of hydrogen-bond donors (Lipinski definition) is 2. The molecule has 0 aliphatic heterocycles. The third kappa shape index (κ3) is 3.94. The van der Waals surface area contributed by atoms with E-state index in [0.29, 0.717) is 17.1 Å². The van der Waals surface area contributed by atoms with E-state index in [1.807, 2.05) is 13.8 Å². The van der Waals surface area contributed by atoms with Crippen LogP contribution >= 0.6 is 0 Å². The van der Waals surface area contributed by atoms with Crippen molar-refractivity contribution in [2.45, 2.75) is 32.7 Å². The second kappa shape index (κ2) is 6.48. The molecule has 1 aromatic carbocycles. The normalized spacial score (nSPS) is 19.6. The first-order valence-electron chi connectivity index (χ1n) is 7.52. The van der Waals surface area contributed by atoms with Gasteiger partial charge in [0.2, 0.25) is 5.91 Å². The monoisotopic (exact) mass is 321 g/mol. The number of hydrogen-bond acceptors (Lipinski definition) is 4. The van der Waals surface area contributed by atoms with Crippen LogP contribution < -0.4 is 14.8 Å². The Labute approximate surface area is 135 Å². The molecule has 2 N–H and O–H groups in total. The number of amides is 1. The summed E-state index contributed by atoms with van der Waals surface area (Å²) in [6, 6.07) is 4.55. The number of methoxy groups -OCH3 is 2. The number of ether oxygens (including phenoxy) is 2. The summed E-state index contributed by atoms with van der Waals surface area (Å²) in [4.78, 5) is 23.5. The third-order valence-corrected chi connectivity index (χ3v) is 4.34. The van der Waals surface area contributed by atoms with Gasteiger partial charge in [-0.05, 0) is 29.5 Å². The van der Waals surface area contributed by atoms with Crippen LogP contribution in [-0.4, -0.2) is 31.2 Å². The summed E-state index contributed by atoms with van der Waals surface area (Å²) in [5.74, 6) is -0.0727. The molecule has 0 heterocycles. The molecule has 6 heteroatoms. The lowest BCUT2D eigenvalue weighted by Gasteiger charge is -2.19. The third-order valence-electron chi connectivity index (χ3n) is 4.34. The minimum Gasteiger partial charge on any atom is -0.493 e. The van der Waals surface area contributed by atoms with Crippen molar-refractivity contribution in [3.63, 3.8) is 0 Å². The van der Waals surface area contributed by atoms with E-state index < -0.39 is 12.0 Å². The van der Waals surface area contributed by atoms with Crippen molar-refractivity contribution >= 4 is 11.9 Å². The fraction of sp³-hybridized carbons (Fsp3) is 0.529. The van der Waals surface area contributed by atoms with E-state index in [9.17, 15) is 9.59 Å². The Morgan fingerprint density at radius 3 is 2.39 bits per heavy atom. The van der Waals surface area contributed by atoms with E-state index in [-0.39, 0.29) is 23.7 Å². The fourth-order valence-electron chi connectivity index (χ4n) is 2.68. The second-order valence-corrected chi connectivity index (χ2v) is 6.52. The molecule has 1 fully saturated rings. The molecule has 6 nitrogen and oxygen atoms in total. The van der Waals surface area contributed by atoms with Gasteiger partial charge in [-0.25, -0.2) is 0 Å².